The molecule has 0 unspecified atom stereocenters. The van der Waals surface area contributed by atoms with E-state index >= 15 is 0 Å². The van der Waals surface area contributed by atoms with E-state index in [1.807, 2.05) is 18.2 Å². The van der Waals surface area contributed by atoms with E-state index in [4.69, 9.17) is 19.3 Å². The lowest BCUT2D eigenvalue weighted by atomic mass is 9.95. The quantitative estimate of drug-likeness (QED) is 0.521. The van der Waals surface area contributed by atoms with Crippen molar-refractivity contribution in [2.24, 2.45) is 5.92 Å². The number of para-hydroxylation sites is 1. The van der Waals surface area contributed by atoms with Crippen molar-refractivity contribution in [3.63, 3.8) is 0 Å². The predicted octanol–water partition coefficient (Wildman–Crippen LogP) is 3.58. The Morgan fingerprint density at radius 3 is 2.82 bits per heavy atom. The zero-order chi connectivity index (χ0) is 23.5. The number of fused-ring (bicyclic) bond motifs is 1. The fourth-order valence-electron chi connectivity index (χ4n) is 5.12. The van der Waals surface area contributed by atoms with Crippen molar-refractivity contribution in [2.45, 2.75) is 38.5 Å². The highest BCUT2D eigenvalue weighted by Crippen LogP contribution is 2.29. The lowest BCUT2D eigenvalue weighted by Crippen LogP contribution is -2.38. The molecule has 0 saturated carbocycles. The molecule has 4 heterocycles. The van der Waals surface area contributed by atoms with Crippen molar-refractivity contribution in [1.82, 2.24) is 29.7 Å². The minimum atomic E-state index is -0.641. The summed E-state index contributed by atoms with van der Waals surface area (Å²) in [5.41, 5.74) is 2.01. The number of hydrogen-bond acceptors (Lipinski definition) is 7. The highest BCUT2D eigenvalue weighted by atomic mass is 19.1. The van der Waals surface area contributed by atoms with Crippen LogP contribution in [0.5, 0.6) is 0 Å². The number of amides is 1. The van der Waals surface area contributed by atoms with Gasteiger partial charge in [-0.2, -0.15) is 14.8 Å². The molecule has 1 amide bonds. The number of benzene rings is 1. The van der Waals surface area contributed by atoms with Crippen LogP contribution in [0.3, 0.4) is 0 Å². The number of nitrogens with zero attached hydrogens (tertiary/aromatic N) is 6. The third-order valence-corrected chi connectivity index (χ3v) is 6.92. The molecular formula is C24H31FN6O3. The van der Waals surface area contributed by atoms with E-state index in [1.165, 1.54) is 0 Å². The maximum Gasteiger partial charge on any atom is 0.409 e. The van der Waals surface area contributed by atoms with Gasteiger partial charge in [-0.05, 0) is 55.9 Å². The van der Waals surface area contributed by atoms with E-state index in [0.717, 1.165) is 61.9 Å². The van der Waals surface area contributed by atoms with Gasteiger partial charge in [0.05, 0.1) is 11.2 Å². The van der Waals surface area contributed by atoms with Gasteiger partial charge in [-0.1, -0.05) is 25.1 Å². The number of carbonyl (C=O) groups is 1. The lowest BCUT2D eigenvalue weighted by Gasteiger charge is -2.32. The molecule has 0 aliphatic carbocycles. The fraction of sp³-hybridized carbons (Fsp3) is 0.583. The molecule has 3 aromatic rings. The molecule has 0 bridgehead atoms. The van der Waals surface area contributed by atoms with Crippen molar-refractivity contribution in [1.29, 1.82) is 0 Å². The molecular weight excluding hydrogens is 439 g/mol. The van der Waals surface area contributed by atoms with Gasteiger partial charge in [0.2, 0.25) is 5.89 Å². The SMILES string of the molecule is CCc1nn(-c2noc(C3CCN(C[C@@H]4CCN(C(=O)OCCF)C4)CC3)n2)c2ccccc12. The summed E-state index contributed by atoms with van der Waals surface area (Å²) in [5, 5.41) is 10.1. The number of ether oxygens (including phenoxy) is 1. The zero-order valence-corrected chi connectivity index (χ0v) is 19.5. The second kappa shape index (κ2) is 10.1. The van der Waals surface area contributed by atoms with Crippen LogP contribution < -0.4 is 0 Å². The van der Waals surface area contributed by atoms with Gasteiger partial charge in [0.1, 0.15) is 13.3 Å². The standard InChI is InChI=1S/C24H31FN6O3/c1-2-20-19-5-3-4-6-21(19)31(27-20)23-26-22(34-28-23)18-8-11-29(12-9-18)15-17-7-13-30(16-17)24(32)33-14-10-25/h3-6,17-18H,2,7-16H2,1H3/t17-/m0/s1. The number of aromatic nitrogens is 4. The van der Waals surface area contributed by atoms with Crippen molar-refractivity contribution < 1.29 is 18.4 Å². The monoisotopic (exact) mass is 470 g/mol. The minimum Gasteiger partial charge on any atom is -0.447 e. The predicted molar refractivity (Wildman–Crippen MR) is 124 cm³/mol. The Hall–Kier alpha value is -3.01. The largest absolute Gasteiger partial charge is 0.447 e. The first kappa shape index (κ1) is 22.8. The summed E-state index contributed by atoms with van der Waals surface area (Å²) in [6.45, 7) is 5.50. The topological polar surface area (TPSA) is 89.5 Å². The molecule has 182 valence electrons. The summed E-state index contributed by atoms with van der Waals surface area (Å²) in [5.74, 6) is 1.82. The summed E-state index contributed by atoms with van der Waals surface area (Å²) in [6.07, 6.45) is 3.30. The number of piperidine rings is 1. The molecule has 0 spiro atoms. The van der Waals surface area contributed by atoms with Crippen LogP contribution in [0, 0.1) is 5.92 Å². The molecule has 2 fully saturated rings. The van der Waals surface area contributed by atoms with Crippen LogP contribution in [0.4, 0.5) is 9.18 Å². The van der Waals surface area contributed by atoms with Crippen molar-refractivity contribution >= 4 is 17.0 Å². The Kier molecular flexibility index (Phi) is 6.75. The first-order valence-corrected chi connectivity index (χ1v) is 12.2. The maximum atomic E-state index is 12.2. The van der Waals surface area contributed by atoms with E-state index in [0.29, 0.717) is 30.8 Å². The van der Waals surface area contributed by atoms with Crippen LogP contribution >= 0.6 is 0 Å². The summed E-state index contributed by atoms with van der Waals surface area (Å²) in [4.78, 5) is 20.8. The number of alkyl halides is 1. The van der Waals surface area contributed by atoms with Gasteiger partial charge in [0.15, 0.2) is 0 Å². The summed E-state index contributed by atoms with van der Waals surface area (Å²) < 4.78 is 24.6. The van der Waals surface area contributed by atoms with Crippen LogP contribution in [0.15, 0.2) is 28.8 Å². The van der Waals surface area contributed by atoms with Gasteiger partial charge >= 0.3 is 6.09 Å². The number of rotatable bonds is 7. The van der Waals surface area contributed by atoms with Gasteiger partial charge in [0.25, 0.3) is 5.95 Å². The number of hydrogen-bond donors (Lipinski definition) is 0. The normalized spacial score (nSPS) is 19.8. The maximum absolute atomic E-state index is 12.2. The van der Waals surface area contributed by atoms with Gasteiger partial charge in [-0.15, -0.1) is 0 Å². The number of likely N-dealkylation sites (tertiary alicyclic amines) is 2. The van der Waals surface area contributed by atoms with Crippen molar-refractivity contribution in [3.8, 4) is 5.95 Å². The van der Waals surface area contributed by atoms with Gasteiger partial charge in [0, 0.05) is 30.9 Å². The van der Waals surface area contributed by atoms with Crippen LogP contribution in [0.1, 0.15) is 43.7 Å². The first-order valence-electron chi connectivity index (χ1n) is 12.2. The Morgan fingerprint density at radius 2 is 2.03 bits per heavy atom. The zero-order valence-electron chi connectivity index (χ0n) is 19.5. The lowest BCUT2D eigenvalue weighted by molar-refractivity contribution is 0.101. The number of aryl methyl sites for hydroxylation is 1. The average Bonchev–Trinajstić information content (AvgIpc) is 3.61. The molecule has 9 nitrogen and oxygen atoms in total. The van der Waals surface area contributed by atoms with E-state index in [1.54, 1.807) is 9.58 Å². The molecule has 34 heavy (non-hydrogen) atoms. The molecule has 2 aliphatic heterocycles. The van der Waals surface area contributed by atoms with Crippen molar-refractivity contribution in [3.05, 3.63) is 35.9 Å². The van der Waals surface area contributed by atoms with E-state index in [9.17, 15) is 9.18 Å². The van der Waals surface area contributed by atoms with Crippen LogP contribution in [-0.2, 0) is 11.2 Å². The highest BCUT2D eigenvalue weighted by molar-refractivity contribution is 5.83. The summed E-state index contributed by atoms with van der Waals surface area (Å²) in [7, 11) is 0. The minimum absolute atomic E-state index is 0.165. The molecule has 5 rings (SSSR count). The van der Waals surface area contributed by atoms with E-state index in [-0.39, 0.29) is 12.5 Å². The van der Waals surface area contributed by atoms with Crippen LogP contribution in [0.2, 0.25) is 0 Å². The van der Waals surface area contributed by atoms with Crippen LogP contribution in [-0.4, -0.2) is 81.8 Å². The highest BCUT2D eigenvalue weighted by Gasteiger charge is 2.31. The van der Waals surface area contributed by atoms with Gasteiger partial charge in [-0.3, -0.25) is 0 Å². The summed E-state index contributed by atoms with van der Waals surface area (Å²) in [6, 6.07) is 8.11. The second-order valence-corrected chi connectivity index (χ2v) is 9.14. The number of carbonyl (C=O) groups excluding carboxylic acids is 1. The molecule has 2 saturated heterocycles. The van der Waals surface area contributed by atoms with E-state index < -0.39 is 12.8 Å². The molecule has 10 heteroatoms. The molecule has 0 radical (unpaired) electrons. The fourth-order valence-corrected chi connectivity index (χ4v) is 5.12. The third-order valence-electron chi connectivity index (χ3n) is 6.92. The third kappa shape index (κ3) is 4.64. The molecule has 2 aromatic heterocycles. The van der Waals surface area contributed by atoms with Gasteiger partial charge in [-0.25, -0.2) is 9.18 Å². The molecule has 2 aliphatic rings. The Bertz CT molecular complexity index is 1120. The first-order chi connectivity index (χ1) is 16.7. The Labute approximate surface area is 197 Å². The van der Waals surface area contributed by atoms with Crippen LogP contribution in [0.25, 0.3) is 16.9 Å². The van der Waals surface area contributed by atoms with E-state index in [2.05, 4.69) is 23.0 Å². The second-order valence-electron chi connectivity index (χ2n) is 9.14. The van der Waals surface area contributed by atoms with Gasteiger partial charge < -0.3 is 19.1 Å². The smallest absolute Gasteiger partial charge is 0.409 e. The molecule has 1 aromatic carbocycles. The molecule has 0 N–H and O–H groups in total. The van der Waals surface area contributed by atoms with Crippen molar-refractivity contribution in [2.75, 3.05) is 46.0 Å². The Morgan fingerprint density at radius 1 is 1.21 bits per heavy atom. The summed E-state index contributed by atoms with van der Waals surface area (Å²) >= 11 is 0. The molecule has 1 atom stereocenters. The number of halogens is 1. The average molecular weight is 471 g/mol. The Balaban J connectivity index is 1.16.